The fraction of sp³-hybridized carbons (Fsp3) is 0.375. The van der Waals surface area contributed by atoms with Crippen molar-refractivity contribution in [2.75, 3.05) is 17.6 Å². The van der Waals surface area contributed by atoms with Gasteiger partial charge in [0.1, 0.15) is 0 Å². The number of rotatable bonds is 4. The Morgan fingerprint density at radius 2 is 1.74 bits per heavy atom. The number of hydrogen-bond donors (Lipinski definition) is 2. The highest BCUT2D eigenvalue weighted by Crippen LogP contribution is 2.34. The van der Waals surface area contributed by atoms with Crippen molar-refractivity contribution >= 4 is 17.1 Å². The summed E-state index contributed by atoms with van der Waals surface area (Å²) in [7, 11) is 0. The maximum absolute atomic E-state index is 5.72. The molecule has 1 aromatic rings. The van der Waals surface area contributed by atoms with Gasteiger partial charge in [0.2, 0.25) is 0 Å². The third kappa shape index (κ3) is 8.12. The van der Waals surface area contributed by atoms with Crippen molar-refractivity contribution in [3.63, 3.8) is 0 Å². The van der Waals surface area contributed by atoms with Gasteiger partial charge in [-0.05, 0) is 68.4 Å². The second-order valence-electron chi connectivity index (χ2n) is 8.13. The molecule has 0 unspecified atom stereocenters. The summed E-state index contributed by atoms with van der Waals surface area (Å²) in [6.07, 6.45) is 15.2. The topological polar surface area (TPSA) is 50.4 Å². The molecule has 0 fully saturated rings. The molecule has 2 aliphatic rings. The number of nitrogens with two attached hydrogens (primary N) is 1. The molecule has 0 saturated carbocycles. The summed E-state index contributed by atoms with van der Waals surface area (Å²) < 4.78 is 0. The van der Waals surface area contributed by atoms with E-state index in [9.17, 15) is 0 Å². The lowest BCUT2D eigenvalue weighted by Gasteiger charge is -2.31. The Balaban J connectivity index is 0.000000369. The highest BCUT2D eigenvalue weighted by atomic mass is 14.9. The van der Waals surface area contributed by atoms with Gasteiger partial charge in [-0.1, -0.05) is 50.3 Å². The van der Waals surface area contributed by atoms with Crippen LogP contribution in [0.3, 0.4) is 0 Å². The van der Waals surface area contributed by atoms with Gasteiger partial charge in [0.25, 0.3) is 0 Å². The maximum atomic E-state index is 5.72. The van der Waals surface area contributed by atoms with Gasteiger partial charge in [-0.15, -0.1) is 0 Å². The Hall–Kier alpha value is -2.55. The van der Waals surface area contributed by atoms with Crippen molar-refractivity contribution in [1.82, 2.24) is 0 Å². The smallest absolute Gasteiger partial charge is 0.0597 e. The molecule has 3 N–H and O–H groups in total. The first-order valence-electron chi connectivity index (χ1n) is 9.67. The molecule has 0 radical (unpaired) electrons. The van der Waals surface area contributed by atoms with Gasteiger partial charge in [-0.25, -0.2) is 0 Å². The SMILES string of the molecule is C1=CCCC=C1.C=C(C)CN=C1C=C(Nc2ccc(N)cc2)CC(C)(C)C1. The normalized spacial score (nSPS) is 19.1. The zero-order valence-electron chi connectivity index (χ0n) is 17.0. The summed E-state index contributed by atoms with van der Waals surface area (Å²) in [6.45, 7) is 11.2. The largest absolute Gasteiger partial charge is 0.399 e. The number of aliphatic imine (C=N–C) groups is 1. The van der Waals surface area contributed by atoms with Gasteiger partial charge in [0, 0.05) is 22.8 Å². The first kappa shape index (κ1) is 20.8. The van der Waals surface area contributed by atoms with Crippen LogP contribution in [0.2, 0.25) is 0 Å². The Morgan fingerprint density at radius 1 is 1.11 bits per heavy atom. The predicted molar refractivity (Wildman–Crippen MR) is 120 cm³/mol. The van der Waals surface area contributed by atoms with Gasteiger partial charge in [-0.3, -0.25) is 4.99 Å². The van der Waals surface area contributed by atoms with E-state index in [1.165, 1.54) is 18.5 Å². The molecule has 0 heterocycles. The molecule has 0 spiro atoms. The zero-order valence-corrected chi connectivity index (χ0v) is 17.0. The minimum absolute atomic E-state index is 0.221. The molecule has 0 saturated heterocycles. The first-order valence-corrected chi connectivity index (χ1v) is 9.67. The number of benzene rings is 1. The molecule has 0 aromatic heterocycles. The predicted octanol–water partition coefficient (Wildman–Crippen LogP) is 6.29. The van der Waals surface area contributed by atoms with Crippen LogP contribution in [0.1, 0.15) is 46.5 Å². The molecular formula is C24H33N3. The Labute approximate surface area is 164 Å². The average Bonchev–Trinajstić information content (AvgIpc) is 2.63. The van der Waals surface area contributed by atoms with Crippen LogP contribution in [0, 0.1) is 5.41 Å². The third-order valence-electron chi connectivity index (χ3n) is 4.32. The molecule has 144 valence electrons. The van der Waals surface area contributed by atoms with Gasteiger partial charge < -0.3 is 11.1 Å². The molecule has 3 heteroatoms. The van der Waals surface area contributed by atoms with E-state index in [-0.39, 0.29) is 5.41 Å². The van der Waals surface area contributed by atoms with Crippen LogP contribution in [0.5, 0.6) is 0 Å². The number of nitrogen functional groups attached to an aromatic ring is 1. The van der Waals surface area contributed by atoms with Gasteiger partial charge in [0.05, 0.1) is 6.54 Å². The Morgan fingerprint density at radius 3 is 2.26 bits per heavy atom. The van der Waals surface area contributed by atoms with E-state index in [1.54, 1.807) is 0 Å². The van der Waals surface area contributed by atoms with Crippen molar-refractivity contribution in [3.05, 3.63) is 72.5 Å². The molecule has 27 heavy (non-hydrogen) atoms. The van der Waals surface area contributed by atoms with E-state index >= 15 is 0 Å². The van der Waals surface area contributed by atoms with E-state index in [0.717, 1.165) is 35.5 Å². The number of hydrogen-bond acceptors (Lipinski definition) is 3. The molecule has 0 bridgehead atoms. The van der Waals surface area contributed by atoms with Crippen LogP contribution in [0.25, 0.3) is 0 Å². The zero-order chi connectivity index (χ0) is 19.7. The van der Waals surface area contributed by atoms with Crippen molar-refractivity contribution in [2.45, 2.75) is 46.5 Å². The lowest BCUT2D eigenvalue weighted by Crippen LogP contribution is -2.24. The van der Waals surface area contributed by atoms with E-state index < -0.39 is 0 Å². The summed E-state index contributed by atoms with van der Waals surface area (Å²) in [5, 5.41) is 3.48. The Bertz CT molecular complexity index is 734. The number of nitrogens with zero attached hydrogens (tertiary/aromatic N) is 1. The summed E-state index contributed by atoms with van der Waals surface area (Å²) in [5.41, 5.74) is 11.2. The minimum Gasteiger partial charge on any atom is -0.399 e. The van der Waals surface area contributed by atoms with E-state index in [4.69, 9.17) is 5.73 Å². The molecule has 1 aromatic carbocycles. The lowest BCUT2D eigenvalue weighted by atomic mass is 9.78. The van der Waals surface area contributed by atoms with Crippen molar-refractivity contribution in [1.29, 1.82) is 0 Å². The van der Waals surface area contributed by atoms with E-state index in [1.807, 2.05) is 31.2 Å². The van der Waals surface area contributed by atoms with Gasteiger partial charge in [-0.2, -0.15) is 0 Å². The standard InChI is InChI=1S/C18H25N3.C6H8/c1-13(2)12-20-16-9-17(11-18(3,4)10-16)21-15-7-5-14(19)6-8-15;1-2-4-6-5-3-1/h5-9,21H,1,10-12,19H2,2-4H3;1-4H,5-6H2. The fourth-order valence-electron chi connectivity index (χ4n) is 3.08. The molecule has 0 atom stereocenters. The third-order valence-corrected chi connectivity index (χ3v) is 4.32. The maximum Gasteiger partial charge on any atom is 0.0597 e. The highest BCUT2D eigenvalue weighted by molar-refractivity contribution is 5.97. The molecular weight excluding hydrogens is 330 g/mol. The first-order chi connectivity index (χ1) is 12.8. The highest BCUT2D eigenvalue weighted by Gasteiger charge is 2.26. The molecule has 3 rings (SSSR count). The number of nitrogens with one attached hydrogen (secondary N) is 1. The lowest BCUT2D eigenvalue weighted by molar-refractivity contribution is 0.374. The summed E-state index contributed by atoms with van der Waals surface area (Å²) in [5.74, 6) is 0. The minimum atomic E-state index is 0.221. The van der Waals surface area contributed by atoms with E-state index in [2.05, 4.69) is 61.1 Å². The van der Waals surface area contributed by atoms with Gasteiger partial charge >= 0.3 is 0 Å². The van der Waals surface area contributed by atoms with E-state index in [0.29, 0.717) is 6.54 Å². The quantitative estimate of drug-likeness (QED) is 0.487. The van der Waals surface area contributed by atoms with Crippen LogP contribution >= 0.6 is 0 Å². The second-order valence-corrected chi connectivity index (χ2v) is 8.13. The van der Waals surface area contributed by atoms with Crippen molar-refractivity contribution in [3.8, 4) is 0 Å². The van der Waals surface area contributed by atoms with Gasteiger partial charge in [0.15, 0.2) is 0 Å². The molecule has 0 amide bonds. The summed E-state index contributed by atoms with van der Waals surface area (Å²) >= 11 is 0. The van der Waals surface area contributed by atoms with Crippen LogP contribution in [0.15, 0.2) is 77.5 Å². The van der Waals surface area contributed by atoms with Crippen LogP contribution in [-0.2, 0) is 0 Å². The molecule has 0 aliphatic heterocycles. The van der Waals surface area contributed by atoms with Crippen LogP contribution < -0.4 is 11.1 Å². The van der Waals surface area contributed by atoms with Crippen LogP contribution in [-0.4, -0.2) is 12.3 Å². The number of allylic oxidation sites excluding steroid dienone is 6. The van der Waals surface area contributed by atoms with Crippen molar-refractivity contribution < 1.29 is 0 Å². The van der Waals surface area contributed by atoms with Crippen LogP contribution in [0.4, 0.5) is 11.4 Å². The van der Waals surface area contributed by atoms with Crippen molar-refractivity contribution in [2.24, 2.45) is 10.4 Å². The average molecular weight is 364 g/mol. The fourth-order valence-corrected chi connectivity index (χ4v) is 3.08. The monoisotopic (exact) mass is 363 g/mol. The molecule has 2 aliphatic carbocycles. The molecule has 3 nitrogen and oxygen atoms in total. The second kappa shape index (κ2) is 9.96. The summed E-state index contributed by atoms with van der Waals surface area (Å²) in [4.78, 5) is 4.67. The summed E-state index contributed by atoms with van der Waals surface area (Å²) in [6, 6.07) is 7.82. The number of anilines is 2. The Kier molecular flexibility index (Phi) is 7.66.